The van der Waals surface area contributed by atoms with E-state index < -0.39 is 11.5 Å². The van der Waals surface area contributed by atoms with Crippen LogP contribution in [0.25, 0.3) is 0 Å². The van der Waals surface area contributed by atoms with E-state index in [1.54, 1.807) is 0 Å². The van der Waals surface area contributed by atoms with E-state index in [-0.39, 0.29) is 11.8 Å². The van der Waals surface area contributed by atoms with Gasteiger partial charge in [0.1, 0.15) is 0 Å². The molecule has 5 heteroatoms. The number of carbonyl (C=O) groups excluding carboxylic acids is 2. The van der Waals surface area contributed by atoms with Gasteiger partial charge in [-0.2, -0.15) is 5.26 Å². The molecule has 0 aromatic rings. The molecule has 1 unspecified atom stereocenters. The van der Waals surface area contributed by atoms with Crippen LogP contribution in [0.3, 0.4) is 0 Å². The van der Waals surface area contributed by atoms with Crippen LogP contribution in [0.2, 0.25) is 0 Å². The number of nitriles is 1. The highest BCUT2D eigenvalue weighted by atomic mass is 16.2. The number of rotatable bonds is 4. The van der Waals surface area contributed by atoms with Crippen LogP contribution in [0.4, 0.5) is 0 Å². The minimum atomic E-state index is -0.545. The molecule has 2 amide bonds. The molecule has 0 bridgehead atoms. The van der Waals surface area contributed by atoms with Crippen LogP contribution in [0.1, 0.15) is 39.5 Å². The number of hydrogen-bond donors (Lipinski definition) is 1. The second-order valence-corrected chi connectivity index (χ2v) is 5.13. The number of carbonyl (C=O) groups is 2. The summed E-state index contributed by atoms with van der Waals surface area (Å²) in [4.78, 5) is 24.5. The van der Waals surface area contributed by atoms with Crippen LogP contribution >= 0.6 is 0 Å². The summed E-state index contributed by atoms with van der Waals surface area (Å²) in [7, 11) is 0. The summed E-state index contributed by atoms with van der Waals surface area (Å²) in [5, 5.41) is 8.86. The monoisotopic (exact) mass is 237 g/mol. The summed E-state index contributed by atoms with van der Waals surface area (Å²) in [6.07, 6.45) is 2.09. The Balaban J connectivity index is 2.48. The first-order valence-electron chi connectivity index (χ1n) is 5.88. The third-order valence-corrected chi connectivity index (χ3v) is 3.04. The van der Waals surface area contributed by atoms with Crippen LogP contribution in [0, 0.1) is 16.7 Å². The summed E-state index contributed by atoms with van der Waals surface area (Å²) in [6, 6.07) is 1.65. The van der Waals surface area contributed by atoms with E-state index in [4.69, 9.17) is 11.0 Å². The summed E-state index contributed by atoms with van der Waals surface area (Å²) in [5.74, 6) is -0.428. The topological polar surface area (TPSA) is 87.2 Å². The normalized spacial score (nSPS) is 21.5. The molecular weight excluding hydrogens is 218 g/mol. The van der Waals surface area contributed by atoms with Gasteiger partial charge < -0.3 is 5.73 Å². The van der Waals surface area contributed by atoms with Crippen LogP contribution in [-0.4, -0.2) is 29.3 Å². The zero-order valence-corrected chi connectivity index (χ0v) is 10.4. The minimum absolute atomic E-state index is 0.147. The molecule has 2 N–H and O–H groups in total. The average Bonchev–Trinajstić information content (AvgIpc) is 2.28. The van der Waals surface area contributed by atoms with Gasteiger partial charge in [-0.15, -0.1) is 0 Å². The predicted octanol–water partition coefficient (Wildman–Crippen LogP) is 0.793. The molecule has 0 aromatic heterocycles. The van der Waals surface area contributed by atoms with Gasteiger partial charge in [-0.3, -0.25) is 14.5 Å². The van der Waals surface area contributed by atoms with Crippen molar-refractivity contribution in [2.24, 2.45) is 11.1 Å². The number of hydrogen-bond acceptors (Lipinski definition) is 4. The lowest BCUT2D eigenvalue weighted by molar-refractivity contribution is -0.149. The van der Waals surface area contributed by atoms with E-state index in [1.165, 1.54) is 4.90 Å². The first kappa shape index (κ1) is 13.7. The maximum Gasteiger partial charge on any atom is 0.246 e. The highest BCUT2D eigenvalue weighted by molar-refractivity contribution is 6.00. The largest absolute Gasteiger partial charge is 0.320 e. The van der Waals surface area contributed by atoms with Crippen molar-refractivity contribution in [1.29, 1.82) is 5.26 Å². The fraction of sp³-hybridized carbons (Fsp3) is 0.750. The van der Waals surface area contributed by atoms with Crippen LogP contribution in [0.15, 0.2) is 0 Å². The summed E-state index contributed by atoms with van der Waals surface area (Å²) in [6.45, 7) is 4.06. The van der Waals surface area contributed by atoms with Crippen LogP contribution in [0.5, 0.6) is 0 Å². The van der Waals surface area contributed by atoms with E-state index in [1.807, 2.05) is 13.8 Å². The van der Waals surface area contributed by atoms with Gasteiger partial charge in [0.25, 0.3) is 0 Å². The van der Waals surface area contributed by atoms with Crippen molar-refractivity contribution < 1.29 is 9.59 Å². The highest BCUT2D eigenvalue weighted by Gasteiger charge is 2.31. The van der Waals surface area contributed by atoms with E-state index >= 15 is 0 Å². The van der Waals surface area contributed by atoms with Crippen LogP contribution in [-0.2, 0) is 9.59 Å². The molecule has 1 aliphatic rings. The predicted molar refractivity (Wildman–Crippen MR) is 62.6 cm³/mol. The molecule has 0 aromatic carbocycles. The Hall–Kier alpha value is -1.41. The molecule has 0 radical (unpaired) electrons. The first-order valence-corrected chi connectivity index (χ1v) is 5.88. The Bertz CT molecular complexity index is 357. The van der Waals surface area contributed by atoms with E-state index in [9.17, 15) is 9.59 Å². The average molecular weight is 237 g/mol. The quantitative estimate of drug-likeness (QED) is 0.732. The van der Waals surface area contributed by atoms with Gasteiger partial charge in [-0.1, -0.05) is 0 Å². The van der Waals surface area contributed by atoms with Crippen molar-refractivity contribution in [1.82, 2.24) is 4.90 Å². The number of nitrogens with two attached hydrogens (primary N) is 1. The Labute approximate surface area is 102 Å². The molecule has 5 nitrogen and oxygen atoms in total. The first-order chi connectivity index (χ1) is 7.87. The van der Waals surface area contributed by atoms with Gasteiger partial charge in [0.15, 0.2) is 0 Å². The molecular formula is C12H19N3O2. The molecule has 94 valence electrons. The number of likely N-dealkylation sites (tertiary alicyclic amines) is 1. The zero-order valence-electron chi connectivity index (χ0n) is 10.4. The van der Waals surface area contributed by atoms with Crippen molar-refractivity contribution in [3.63, 3.8) is 0 Å². The summed E-state index contributed by atoms with van der Waals surface area (Å²) < 4.78 is 0. The number of nitrogens with zero attached hydrogens (tertiary/aromatic N) is 2. The van der Waals surface area contributed by atoms with Gasteiger partial charge in [0.2, 0.25) is 11.8 Å². The third-order valence-electron chi connectivity index (χ3n) is 3.04. The molecule has 1 heterocycles. The lowest BCUT2D eigenvalue weighted by Gasteiger charge is -2.29. The lowest BCUT2D eigenvalue weighted by Crippen LogP contribution is -2.51. The number of imide groups is 1. The van der Waals surface area contributed by atoms with Gasteiger partial charge in [0, 0.05) is 13.0 Å². The Morgan fingerprint density at radius 3 is 2.76 bits per heavy atom. The molecule has 17 heavy (non-hydrogen) atoms. The minimum Gasteiger partial charge on any atom is -0.320 e. The smallest absolute Gasteiger partial charge is 0.246 e. The van der Waals surface area contributed by atoms with Gasteiger partial charge in [-0.25, -0.2) is 0 Å². The number of amides is 2. The third kappa shape index (κ3) is 3.53. The van der Waals surface area contributed by atoms with E-state index in [0.29, 0.717) is 32.2 Å². The molecule has 1 atom stereocenters. The van der Waals surface area contributed by atoms with E-state index in [0.717, 1.165) is 0 Å². The molecule has 1 aliphatic heterocycles. The zero-order chi connectivity index (χ0) is 13.1. The molecule has 1 rings (SSSR count). The van der Waals surface area contributed by atoms with Gasteiger partial charge in [-0.05, 0) is 33.1 Å². The van der Waals surface area contributed by atoms with Crippen molar-refractivity contribution in [2.45, 2.75) is 45.6 Å². The molecule has 0 aliphatic carbocycles. The molecule has 1 saturated heterocycles. The highest BCUT2D eigenvalue weighted by Crippen LogP contribution is 2.21. The molecule has 0 spiro atoms. The summed E-state index contributed by atoms with van der Waals surface area (Å²) in [5.41, 5.74) is 5.21. The maximum absolute atomic E-state index is 11.7. The fourth-order valence-electron chi connectivity index (χ4n) is 1.83. The fourth-order valence-corrected chi connectivity index (χ4v) is 1.83. The van der Waals surface area contributed by atoms with Gasteiger partial charge in [0.05, 0.1) is 17.5 Å². The van der Waals surface area contributed by atoms with Gasteiger partial charge >= 0.3 is 0 Å². The SMILES string of the molecule is CC(C)(C#N)CCCN1C(=O)CCC(N)C1=O. The standard InChI is InChI=1S/C12H19N3O2/c1-12(2,8-13)6-3-7-15-10(16)5-4-9(14)11(15)17/h9H,3-7,14H2,1-2H3. The Morgan fingerprint density at radius 2 is 2.18 bits per heavy atom. The Kier molecular flexibility index (Phi) is 4.24. The second kappa shape index (κ2) is 5.28. The Morgan fingerprint density at radius 1 is 1.53 bits per heavy atom. The lowest BCUT2D eigenvalue weighted by atomic mass is 9.89. The molecule has 0 saturated carbocycles. The van der Waals surface area contributed by atoms with Crippen molar-refractivity contribution in [3.8, 4) is 6.07 Å². The second-order valence-electron chi connectivity index (χ2n) is 5.13. The van der Waals surface area contributed by atoms with Crippen molar-refractivity contribution in [2.75, 3.05) is 6.54 Å². The van der Waals surface area contributed by atoms with E-state index in [2.05, 4.69) is 6.07 Å². The van der Waals surface area contributed by atoms with Crippen molar-refractivity contribution >= 4 is 11.8 Å². The molecule has 1 fully saturated rings. The van der Waals surface area contributed by atoms with Crippen LogP contribution < -0.4 is 5.73 Å². The number of piperidine rings is 1. The summed E-state index contributed by atoms with van der Waals surface area (Å²) >= 11 is 0. The maximum atomic E-state index is 11.7. The van der Waals surface area contributed by atoms with Crippen molar-refractivity contribution in [3.05, 3.63) is 0 Å².